The van der Waals surface area contributed by atoms with Crippen molar-refractivity contribution in [1.29, 1.82) is 0 Å². The number of methoxy groups -OCH3 is 1. The van der Waals surface area contributed by atoms with Gasteiger partial charge in [0.05, 0.1) is 19.1 Å². The molecule has 1 saturated heterocycles. The average molecular weight is 257 g/mol. The van der Waals surface area contributed by atoms with Crippen LogP contribution in [0.2, 0.25) is 0 Å². The van der Waals surface area contributed by atoms with E-state index >= 15 is 0 Å². The molecule has 4 heteroatoms. The maximum absolute atomic E-state index is 5.89. The van der Waals surface area contributed by atoms with Gasteiger partial charge in [0, 0.05) is 12.2 Å². The highest BCUT2D eigenvalue weighted by Crippen LogP contribution is 2.26. The summed E-state index contributed by atoms with van der Waals surface area (Å²) < 4.78 is 16.4. The van der Waals surface area contributed by atoms with Gasteiger partial charge in [0.25, 0.3) is 0 Å². The summed E-state index contributed by atoms with van der Waals surface area (Å²) in [6.45, 7) is 1.44. The van der Waals surface area contributed by atoms with Crippen LogP contribution < -0.4 is 9.47 Å². The number of hydrogen-bond acceptors (Lipinski definition) is 3. The fourth-order valence-corrected chi connectivity index (χ4v) is 2.10. The third kappa shape index (κ3) is 3.27. The smallest absolute Gasteiger partial charge is 0.124 e. The lowest BCUT2D eigenvalue weighted by molar-refractivity contribution is 0.0677. The molecule has 1 fully saturated rings. The lowest BCUT2D eigenvalue weighted by Crippen LogP contribution is -2.16. The molecule has 1 aliphatic heterocycles. The molecule has 17 heavy (non-hydrogen) atoms. The van der Waals surface area contributed by atoms with Gasteiger partial charge in [-0.05, 0) is 31.0 Å². The van der Waals surface area contributed by atoms with Gasteiger partial charge in [0.2, 0.25) is 0 Å². The molecule has 0 spiro atoms. The summed E-state index contributed by atoms with van der Waals surface area (Å²) >= 11 is 5.89. The second-order valence-electron chi connectivity index (χ2n) is 4.05. The maximum Gasteiger partial charge on any atom is 0.124 e. The van der Waals surface area contributed by atoms with Crippen LogP contribution in [0.5, 0.6) is 11.5 Å². The molecule has 0 radical (unpaired) electrons. The van der Waals surface area contributed by atoms with Crippen LogP contribution in [0.1, 0.15) is 18.4 Å². The highest BCUT2D eigenvalue weighted by molar-refractivity contribution is 6.17. The Morgan fingerprint density at radius 1 is 1.47 bits per heavy atom. The molecule has 94 valence electrons. The molecule has 0 bridgehead atoms. The third-order valence-corrected chi connectivity index (χ3v) is 3.15. The normalized spacial score (nSPS) is 19.3. The molecule has 1 aromatic rings. The first-order valence-corrected chi connectivity index (χ1v) is 6.34. The van der Waals surface area contributed by atoms with Crippen LogP contribution in [0.15, 0.2) is 18.2 Å². The minimum absolute atomic E-state index is 0.222. The summed E-state index contributed by atoms with van der Waals surface area (Å²) in [6, 6.07) is 5.67. The highest BCUT2D eigenvalue weighted by Gasteiger charge is 2.16. The Bertz CT molecular complexity index is 362. The van der Waals surface area contributed by atoms with Crippen molar-refractivity contribution in [3.63, 3.8) is 0 Å². The number of hydrogen-bond donors (Lipinski definition) is 0. The lowest BCUT2D eigenvalue weighted by Gasteiger charge is -2.14. The number of rotatable bonds is 5. The Labute approximate surface area is 107 Å². The van der Waals surface area contributed by atoms with E-state index < -0.39 is 0 Å². The Hall–Kier alpha value is -0.930. The van der Waals surface area contributed by atoms with Crippen molar-refractivity contribution in [2.75, 3.05) is 20.3 Å². The predicted molar refractivity (Wildman–Crippen MR) is 67.0 cm³/mol. The molecule has 0 aromatic heterocycles. The molecule has 2 rings (SSSR count). The molecule has 1 heterocycles. The van der Waals surface area contributed by atoms with Gasteiger partial charge in [-0.2, -0.15) is 0 Å². The van der Waals surface area contributed by atoms with Crippen LogP contribution >= 0.6 is 11.6 Å². The summed E-state index contributed by atoms with van der Waals surface area (Å²) in [5.41, 5.74) is 0.948. The van der Waals surface area contributed by atoms with Crippen molar-refractivity contribution < 1.29 is 14.2 Å². The van der Waals surface area contributed by atoms with Gasteiger partial charge in [-0.25, -0.2) is 0 Å². The van der Waals surface area contributed by atoms with Gasteiger partial charge in [-0.1, -0.05) is 0 Å². The molecule has 0 saturated carbocycles. The fraction of sp³-hybridized carbons (Fsp3) is 0.538. The van der Waals surface area contributed by atoms with Gasteiger partial charge < -0.3 is 14.2 Å². The molecule has 1 unspecified atom stereocenters. The number of alkyl halides is 1. The van der Waals surface area contributed by atoms with Crippen LogP contribution in [0, 0.1) is 0 Å². The Balaban J connectivity index is 1.98. The van der Waals surface area contributed by atoms with E-state index in [4.69, 9.17) is 25.8 Å². The molecular formula is C13H17ClO3. The van der Waals surface area contributed by atoms with Crippen molar-refractivity contribution in [3.8, 4) is 11.5 Å². The minimum Gasteiger partial charge on any atom is -0.497 e. The van der Waals surface area contributed by atoms with Crippen molar-refractivity contribution in [3.05, 3.63) is 23.8 Å². The molecule has 0 aliphatic carbocycles. The summed E-state index contributed by atoms with van der Waals surface area (Å²) in [5.74, 6) is 2.03. The van der Waals surface area contributed by atoms with E-state index in [9.17, 15) is 0 Å². The summed E-state index contributed by atoms with van der Waals surface area (Å²) in [7, 11) is 1.64. The number of benzene rings is 1. The van der Waals surface area contributed by atoms with E-state index in [-0.39, 0.29) is 6.10 Å². The molecular weight excluding hydrogens is 240 g/mol. The van der Waals surface area contributed by atoms with Crippen LogP contribution in [-0.4, -0.2) is 26.4 Å². The summed E-state index contributed by atoms with van der Waals surface area (Å²) in [5, 5.41) is 0. The van der Waals surface area contributed by atoms with Gasteiger partial charge in [0.1, 0.15) is 18.1 Å². The number of ether oxygens (including phenoxy) is 3. The maximum atomic E-state index is 5.89. The van der Waals surface area contributed by atoms with Crippen molar-refractivity contribution in [2.45, 2.75) is 24.8 Å². The average Bonchev–Trinajstić information content (AvgIpc) is 2.89. The summed E-state index contributed by atoms with van der Waals surface area (Å²) in [6.07, 6.45) is 2.42. The molecule has 0 N–H and O–H groups in total. The second-order valence-corrected chi connectivity index (χ2v) is 4.32. The molecule has 1 aliphatic rings. The van der Waals surface area contributed by atoms with Crippen molar-refractivity contribution >= 4 is 11.6 Å². The zero-order valence-electron chi connectivity index (χ0n) is 9.95. The van der Waals surface area contributed by atoms with E-state index in [0.29, 0.717) is 12.5 Å². The predicted octanol–water partition coefficient (Wildman–Crippen LogP) is 2.99. The first kappa shape index (κ1) is 12.5. The monoisotopic (exact) mass is 256 g/mol. The van der Waals surface area contributed by atoms with Gasteiger partial charge >= 0.3 is 0 Å². The van der Waals surface area contributed by atoms with E-state index in [0.717, 1.165) is 36.5 Å². The molecule has 1 atom stereocenters. The highest BCUT2D eigenvalue weighted by atomic mass is 35.5. The third-order valence-electron chi connectivity index (χ3n) is 2.86. The van der Waals surface area contributed by atoms with E-state index in [1.807, 2.05) is 18.2 Å². The molecule has 3 nitrogen and oxygen atoms in total. The van der Waals surface area contributed by atoms with Crippen molar-refractivity contribution in [1.82, 2.24) is 0 Å². The van der Waals surface area contributed by atoms with E-state index in [1.54, 1.807) is 7.11 Å². The van der Waals surface area contributed by atoms with Crippen LogP contribution in [0.25, 0.3) is 0 Å². The van der Waals surface area contributed by atoms with Gasteiger partial charge in [-0.3, -0.25) is 0 Å². The zero-order valence-corrected chi connectivity index (χ0v) is 10.7. The first-order chi connectivity index (χ1) is 8.33. The van der Waals surface area contributed by atoms with E-state index in [1.165, 1.54) is 0 Å². The Morgan fingerprint density at radius 3 is 3.00 bits per heavy atom. The topological polar surface area (TPSA) is 27.7 Å². The Morgan fingerprint density at radius 2 is 2.35 bits per heavy atom. The number of halogens is 1. The van der Waals surface area contributed by atoms with Crippen LogP contribution in [0.4, 0.5) is 0 Å². The molecule has 0 amide bonds. The second kappa shape index (κ2) is 6.12. The lowest BCUT2D eigenvalue weighted by atomic mass is 10.2. The largest absolute Gasteiger partial charge is 0.497 e. The zero-order chi connectivity index (χ0) is 12.1. The standard InChI is InChI=1S/C13H17ClO3/c1-15-11-4-5-13(10(7-11)8-14)17-9-12-3-2-6-16-12/h4-5,7,12H,2-3,6,8-9H2,1H3. The minimum atomic E-state index is 0.222. The quantitative estimate of drug-likeness (QED) is 0.758. The summed E-state index contributed by atoms with van der Waals surface area (Å²) in [4.78, 5) is 0. The SMILES string of the molecule is COc1ccc(OCC2CCCO2)c(CCl)c1. The molecule has 1 aromatic carbocycles. The Kier molecular flexibility index (Phi) is 4.51. The van der Waals surface area contributed by atoms with Crippen molar-refractivity contribution in [2.24, 2.45) is 0 Å². The van der Waals surface area contributed by atoms with Gasteiger partial charge in [0.15, 0.2) is 0 Å². The van der Waals surface area contributed by atoms with E-state index in [2.05, 4.69) is 0 Å². The first-order valence-electron chi connectivity index (χ1n) is 5.80. The van der Waals surface area contributed by atoms with Crippen LogP contribution in [-0.2, 0) is 10.6 Å². The fourth-order valence-electron chi connectivity index (χ4n) is 1.89. The van der Waals surface area contributed by atoms with Gasteiger partial charge in [-0.15, -0.1) is 11.6 Å². The van der Waals surface area contributed by atoms with Crippen LogP contribution in [0.3, 0.4) is 0 Å².